The highest BCUT2D eigenvalue weighted by molar-refractivity contribution is 5.85. The van der Waals surface area contributed by atoms with E-state index in [9.17, 15) is 4.79 Å². The van der Waals surface area contributed by atoms with E-state index in [0.29, 0.717) is 12.2 Å². The lowest BCUT2D eigenvalue weighted by molar-refractivity contribution is -0.143. The molecule has 4 aliphatic carbocycles. The van der Waals surface area contributed by atoms with Crippen LogP contribution in [-0.4, -0.2) is 12.3 Å². The summed E-state index contributed by atoms with van der Waals surface area (Å²) in [4.78, 5) is 12.9. The molecular weight excluding hydrogens is 282 g/mol. The van der Waals surface area contributed by atoms with Crippen LogP contribution < -0.4 is 5.32 Å². The Labute approximate surface area is 140 Å². The van der Waals surface area contributed by atoms with Gasteiger partial charge in [-0.3, -0.25) is 4.79 Å². The first-order chi connectivity index (χ1) is 11.2. The fraction of sp³-hybridized carbons (Fsp3) is 0.667. The van der Waals surface area contributed by atoms with Crippen molar-refractivity contribution in [3.63, 3.8) is 0 Å². The van der Waals surface area contributed by atoms with Crippen LogP contribution >= 0.6 is 0 Å². The molecule has 0 radical (unpaired) electrons. The Hall–Kier alpha value is -1.31. The molecule has 0 aliphatic heterocycles. The third-order valence-electron chi connectivity index (χ3n) is 6.67. The molecule has 0 saturated heterocycles. The van der Waals surface area contributed by atoms with Gasteiger partial charge in [0, 0.05) is 24.1 Å². The van der Waals surface area contributed by atoms with E-state index in [1.54, 1.807) is 0 Å². The minimum atomic E-state index is 0.0719. The number of hydrogen-bond donors (Lipinski definition) is 1. The lowest BCUT2D eigenvalue weighted by atomic mass is 9.48. The first-order valence-electron chi connectivity index (χ1n) is 9.53. The maximum absolute atomic E-state index is 12.9. The minimum absolute atomic E-state index is 0.0719. The summed E-state index contributed by atoms with van der Waals surface area (Å²) in [6, 6.07) is 8.61. The fourth-order valence-corrected chi connectivity index (χ4v) is 5.90. The summed E-state index contributed by atoms with van der Waals surface area (Å²) in [6.45, 7) is 2.96. The van der Waals surface area contributed by atoms with Crippen LogP contribution in [0.2, 0.25) is 0 Å². The molecule has 0 amide bonds. The van der Waals surface area contributed by atoms with Crippen LogP contribution in [0, 0.1) is 23.2 Å². The molecule has 0 aromatic heterocycles. The smallest absolute Gasteiger partial charge is 0.140 e. The van der Waals surface area contributed by atoms with Crippen molar-refractivity contribution >= 4 is 11.5 Å². The van der Waals surface area contributed by atoms with E-state index in [-0.39, 0.29) is 5.41 Å². The number of benzene rings is 1. The number of carbonyl (C=O) groups excluding carboxylic acids is 1. The van der Waals surface area contributed by atoms with Gasteiger partial charge in [-0.2, -0.15) is 0 Å². The van der Waals surface area contributed by atoms with E-state index < -0.39 is 0 Å². The third kappa shape index (κ3) is 2.93. The zero-order valence-corrected chi connectivity index (χ0v) is 14.3. The fourth-order valence-electron chi connectivity index (χ4n) is 5.90. The van der Waals surface area contributed by atoms with Gasteiger partial charge in [-0.15, -0.1) is 0 Å². The molecule has 4 fully saturated rings. The number of aryl methyl sites for hydroxylation is 1. The highest BCUT2D eigenvalue weighted by atomic mass is 16.1. The van der Waals surface area contributed by atoms with Crippen LogP contribution in [0.15, 0.2) is 24.3 Å². The highest BCUT2D eigenvalue weighted by Crippen LogP contribution is 2.60. The SMILES string of the molecule is CCc1ccc(NCCC(=O)C23CC4CC(CC(C4)C2)C3)cc1. The third-order valence-corrected chi connectivity index (χ3v) is 6.67. The predicted molar refractivity (Wildman–Crippen MR) is 94.5 cm³/mol. The second kappa shape index (κ2) is 5.96. The van der Waals surface area contributed by atoms with Crippen LogP contribution in [-0.2, 0) is 11.2 Å². The average Bonchev–Trinajstić information content (AvgIpc) is 2.54. The van der Waals surface area contributed by atoms with Gasteiger partial charge in [-0.25, -0.2) is 0 Å². The van der Waals surface area contributed by atoms with Gasteiger partial charge in [0.2, 0.25) is 0 Å². The minimum Gasteiger partial charge on any atom is -0.385 e. The lowest BCUT2D eigenvalue weighted by Gasteiger charge is -2.56. The maximum atomic E-state index is 12.9. The Morgan fingerprint density at radius 1 is 1.04 bits per heavy atom. The molecule has 0 unspecified atom stereocenters. The number of carbonyl (C=O) groups is 1. The summed E-state index contributed by atoms with van der Waals surface area (Å²) < 4.78 is 0. The quantitative estimate of drug-likeness (QED) is 0.814. The Morgan fingerprint density at radius 2 is 1.61 bits per heavy atom. The Balaban J connectivity index is 1.33. The Morgan fingerprint density at radius 3 is 2.13 bits per heavy atom. The summed E-state index contributed by atoms with van der Waals surface area (Å²) in [5.41, 5.74) is 2.57. The highest BCUT2D eigenvalue weighted by Gasteiger charge is 2.53. The van der Waals surface area contributed by atoms with E-state index in [0.717, 1.165) is 36.4 Å². The van der Waals surface area contributed by atoms with Crippen LogP contribution in [0.4, 0.5) is 5.69 Å². The van der Waals surface area contributed by atoms with Gasteiger partial charge in [0.05, 0.1) is 0 Å². The monoisotopic (exact) mass is 311 g/mol. The van der Waals surface area contributed by atoms with Gasteiger partial charge in [0.1, 0.15) is 5.78 Å². The van der Waals surface area contributed by atoms with E-state index in [1.807, 2.05) is 0 Å². The molecule has 2 nitrogen and oxygen atoms in total. The van der Waals surface area contributed by atoms with Crippen molar-refractivity contribution in [1.29, 1.82) is 0 Å². The zero-order chi connectivity index (χ0) is 15.9. The first kappa shape index (κ1) is 15.2. The van der Waals surface area contributed by atoms with Gasteiger partial charge in [0.15, 0.2) is 0 Å². The van der Waals surface area contributed by atoms with Crippen LogP contribution in [0.3, 0.4) is 0 Å². The summed E-state index contributed by atoms with van der Waals surface area (Å²) in [7, 11) is 0. The summed E-state index contributed by atoms with van der Waals surface area (Å²) >= 11 is 0. The van der Waals surface area contributed by atoms with Crippen molar-refractivity contribution in [2.45, 2.75) is 58.3 Å². The first-order valence-corrected chi connectivity index (χ1v) is 9.53. The predicted octanol–water partition coefficient (Wildman–Crippen LogP) is 4.84. The topological polar surface area (TPSA) is 29.1 Å². The number of nitrogens with one attached hydrogen (secondary N) is 1. The maximum Gasteiger partial charge on any atom is 0.140 e. The molecule has 4 saturated carbocycles. The van der Waals surface area contributed by atoms with Crippen molar-refractivity contribution in [2.75, 3.05) is 11.9 Å². The molecule has 2 heteroatoms. The molecule has 0 atom stereocenters. The number of Topliss-reactive ketones (excluding diaryl/α,β-unsaturated/α-hetero) is 1. The van der Waals surface area contributed by atoms with Crippen LogP contribution in [0.5, 0.6) is 0 Å². The molecule has 4 bridgehead atoms. The summed E-state index contributed by atoms with van der Waals surface area (Å²) in [5, 5.41) is 3.44. The second-order valence-corrected chi connectivity index (χ2v) is 8.35. The molecular formula is C21H29NO. The summed E-state index contributed by atoms with van der Waals surface area (Å²) in [6.07, 6.45) is 9.60. The van der Waals surface area contributed by atoms with Gasteiger partial charge < -0.3 is 5.32 Å². The Kier molecular flexibility index (Phi) is 3.95. The van der Waals surface area contributed by atoms with Gasteiger partial charge >= 0.3 is 0 Å². The summed E-state index contributed by atoms with van der Waals surface area (Å²) in [5.74, 6) is 3.13. The van der Waals surface area contributed by atoms with Crippen LogP contribution in [0.25, 0.3) is 0 Å². The van der Waals surface area contributed by atoms with Gasteiger partial charge in [0.25, 0.3) is 0 Å². The second-order valence-electron chi connectivity index (χ2n) is 8.35. The van der Waals surface area contributed by atoms with Gasteiger partial charge in [-0.1, -0.05) is 19.1 Å². The van der Waals surface area contributed by atoms with E-state index in [1.165, 1.54) is 44.1 Å². The molecule has 0 spiro atoms. The normalized spacial score (nSPS) is 34.6. The molecule has 4 aliphatic rings. The standard InChI is InChI=1S/C21H29NO/c1-2-15-3-5-19(6-4-15)22-8-7-20(23)21-12-16-9-17(13-21)11-18(10-16)14-21/h3-6,16-18,22H,2,7-14H2,1H3. The van der Waals surface area contributed by atoms with E-state index >= 15 is 0 Å². The van der Waals surface area contributed by atoms with E-state index in [4.69, 9.17) is 0 Å². The lowest BCUT2D eigenvalue weighted by Crippen LogP contribution is -2.50. The Bertz CT molecular complexity index is 539. The zero-order valence-electron chi connectivity index (χ0n) is 14.3. The number of ketones is 1. The van der Waals surface area contributed by atoms with Crippen LogP contribution in [0.1, 0.15) is 57.4 Å². The van der Waals surface area contributed by atoms with E-state index in [2.05, 4.69) is 36.5 Å². The van der Waals surface area contributed by atoms with Crippen molar-refractivity contribution in [3.05, 3.63) is 29.8 Å². The number of hydrogen-bond acceptors (Lipinski definition) is 2. The van der Waals surface area contributed by atoms with Gasteiger partial charge in [-0.05, 0) is 80.4 Å². The molecule has 5 rings (SSSR count). The number of anilines is 1. The van der Waals surface area contributed by atoms with Crippen molar-refractivity contribution in [2.24, 2.45) is 23.2 Å². The van der Waals surface area contributed by atoms with Crippen molar-refractivity contribution < 1.29 is 4.79 Å². The molecule has 1 N–H and O–H groups in total. The molecule has 1 aromatic rings. The number of rotatable bonds is 6. The molecule has 0 heterocycles. The largest absolute Gasteiger partial charge is 0.385 e. The molecule has 1 aromatic carbocycles. The van der Waals surface area contributed by atoms with Crippen molar-refractivity contribution in [1.82, 2.24) is 0 Å². The average molecular weight is 311 g/mol. The molecule has 124 valence electrons. The van der Waals surface area contributed by atoms with Crippen molar-refractivity contribution in [3.8, 4) is 0 Å². The molecule has 23 heavy (non-hydrogen) atoms.